The average Bonchev–Trinajstić information content (AvgIpc) is 3.10. The van der Waals surface area contributed by atoms with E-state index in [4.69, 9.17) is 20.2 Å². The second kappa shape index (κ2) is 23.3. The number of aryl methyl sites for hydroxylation is 2. The molecule has 0 saturated carbocycles. The van der Waals surface area contributed by atoms with Gasteiger partial charge in [-0.05, 0) is 79.6 Å². The molecule has 4 aromatic carbocycles. The second-order valence-electron chi connectivity index (χ2n) is 11.3. The topological polar surface area (TPSA) is 186 Å². The Morgan fingerprint density at radius 1 is 0.569 bits per heavy atom. The van der Waals surface area contributed by atoms with Crippen LogP contribution in [0.4, 0.5) is 11.4 Å². The third-order valence-electron chi connectivity index (χ3n) is 7.41. The molecule has 0 aliphatic rings. The molecule has 0 fully saturated rings. The number of para-hydroxylation sites is 2. The van der Waals surface area contributed by atoms with Crippen molar-refractivity contribution in [1.82, 2.24) is 0 Å². The van der Waals surface area contributed by atoms with Gasteiger partial charge in [-0.3, -0.25) is 9.98 Å². The summed E-state index contributed by atoms with van der Waals surface area (Å²) in [6.45, 7) is 8.14. The van der Waals surface area contributed by atoms with Crippen LogP contribution < -0.4 is 10.2 Å². The number of aromatic carboxylic acids is 2. The van der Waals surface area contributed by atoms with Gasteiger partial charge in [-0.1, -0.05) is 95.5 Å². The van der Waals surface area contributed by atoms with E-state index < -0.39 is 34.9 Å². The molecular weight excluding hydrogens is 695 g/mol. The number of benzene rings is 4. The number of carbonyl (C=O) groups excluding carboxylic acids is 2. The maximum Gasteiger partial charge on any atom is 2.00 e. The molecule has 4 aromatic rings. The number of carboxylic acids is 2. The minimum Gasteiger partial charge on any atom is -0.545 e. The first-order valence-corrected chi connectivity index (χ1v) is 16.7. The third-order valence-corrected chi connectivity index (χ3v) is 7.41. The van der Waals surface area contributed by atoms with Crippen molar-refractivity contribution in [3.05, 3.63) is 107 Å². The number of phenolic OH excluding ortho intramolecular Hbond substituents is 2. The molecule has 0 unspecified atom stereocenters. The Balaban J connectivity index is 0.000000395. The van der Waals surface area contributed by atoms with Crippen molar-refractivity contribution in [1.29, 1.82) is 0 Å². The van der Waals surface area contributed by atoms with Gasteiger partial charge in [0.15, 0.2) is 23.0 Å². The van der Waals surface area contributed by atoms with Crippen molar-refractivity contribution in [3.63, 3.8) is 0 Å². The van der Waals surface area contributed by atoms with Crippen LogP contribution in [0.15, 0.2) is 94.9 Å². The van der Waals surface area contributed by atoms with Gasteiger partial charge in [0.25, 0.3) is 0 Å². The van der Waals surface area contributed by atoms with E-state index in [-0.39, 0.29) is 27.6 Å². The Hall–Kier alpha value is -5.15. The van der Waals surface area contributed by atoms with Crippen molar-refractivity contribution < 1.29 is 56.7 Å². The quantitative estimate of drug-likeness (QED) is 0.0644. The number of aromatic hydroxyl groups is 4. The largest absolute Gasteiger partial charge is 2.00 e. The first-order valence-electron chi connectivity index (χ1n) is 16.7. The fourth-order valence-corrected chi connectivity index (χ4v) is 4.93. The van der Waals surface area contributed by atoms with Crippen LogP contribution >= 0.6 is 0 Å². The first-order chi connectivity index (χ1) is 24.0. The Kier molecular flexibility index (Phi) is 20.0. The van der Waals surface area contributed by atoms with E-state index in [1.165, 1.54) is 24.3 Å². The average molecular weight is 742 g/mol. The van der Waals surface area contributed by atoms with Gasteiger partial charge < -0.3 is 40.2 Å². The Labute approximate surface area is 309 Å². The van der Waals surface area contributed by atoms with Crippen molar-refractivity contribution in [2.24, 2.45) is 9.98 Å². The maximum absolute atomic E-state index is 10.7. The van der Waals surface area contributed by atoms with Crippen LogP contribution in [0.25, 0.3) is 0 Å². The molecule has 0 aliphatic carbocycles. The van der Waals surface area contributed by atoms with Crippen LogP contribution in [0.1, 0.15) is 98.1 Å². The summed E-state index contributed by atoms with van der Waals surface area (Å²) in [5.41, 5.74) is 4.52. The Morgan fingerprint density at radius 3 is 1.29 bits per heavy atom. The van der Waals surface area contributed by atoms with Gasteiger partial charge in [-0.2, -0.15) is 0 Å². The van der Waals surface area contributed by atoms with E-state index >= 15 is 0 Å². The Morgan fingerprint density at radius 2 is 0.961 bits per heavy atom. The van der Waals surface area contributed by atoms with Gasteiger partial charge in [-0.25, -0.2) is 0 Å². The number of phenols is 4. The van der Waals surface area contributed by atoms with Gasteiger partial charge in [0, 0.05) is 11.1 Å². The summed E-state index contributed by atoms with van der Waals surface area (Å²) in [6.07, 6.45) is 6.73. The number of carboxylic acid groups (broad SMARTS) is 2. The molecule has 10 nitrogen and oxygen atoms in total. The predicted octanol–water partition coefficient (Wildman–Crippen LogP) is 6.96. The normalized spacial score (nSPS) is 10.9. The zero-order chi connectivity index (χ0) is 37.1. The zero-order valence-corrected chi connectivity index (χ0v) is 30.4. The number of unbranched alkanes of at least 4 members (excludes halogenated alkanes) is 1. The standard InChI is InChI=1S/C20H24N2.2C10H12O4.Ni/c1-3-5-16-20(22-18-14-10-7-11-15-18)19(4-2)21-17-12-8-6-9-13-17;2*1-2-3-6-4-5-7(11)9(12)8(6)10(13)14;/h6-15H,3-5,16H2,1-2H3;2*4-5,11-12H,2-3H2,1H3,(H,13,14);/q;;;+2/p-2. The number of hydrogen-bond donors (Lipinski definition) is 4. The van der Waals surface area contributed by atoms with Crippen molar-refractivity contribution in [2.75, 3.05) is 0 Å². The predicted molar refractivity (Wildman–Crippen MR) is 193 cm³/mol. The minimum atomic E-state index is -1.47. The van der Waals surface area contributed by atoms with Gasteiger partial charge in [0.05, 0.1) is 34.7 Å². The molecule has 4 N–H and O–H groups in total. The molecule has 11 heteroatoms. The molecular formula is C40H46N2NiO8. The maximum atomic E-state index is 10.7. The van der Waals surface area contributed by atoms with Gasteiger partial charge in [0.2, 0.25) is 0 Å². The van der Waals surface area contributed by atoms with E-state index in [1.807, 2.05) is 74.5 Å². The minimum absolute atomic E-state index is 0. The molecule has 4 rings (SSSR count). The molecule has 274 valence electrons. The summed E-state index contributed by atoms with van der Waals surface area (Å²) in [5.74, 6) is -5.05. The molecule has 0 radical (unpaired) electrons. The van der Waals surface area contributed by atoms with E-state index in [0.717, 1.165) is 61.3 Å². The third kappa shape index (κ3) is 13.9. The van der Waals surface area contributed by atoms with Crippen LogP contribution in [-0.4, -0.2) is 43.8 Å². The second-order valence-corrected chi connectivity index (χ2v) is 11.3. The molecule has 0 aromatic heterocycles. The van der Waals surface area contributed by atoms with Crippen LogP contribution in [0.5, 0.6) is 23.0 Å². The molecule has 0 bridgehead atoms. The van der Waals surface area contributed by atoms with Crippen LogP contribution in [0.2, 0.25) is 0 Å². The summed E-state index contributed by atoms with van der Waals surface area (Å²) in [5, 5.41) is 58.2. The van der Waals surface area contributed by atoms with Crippen molar-refractivity contribution in [2.45, 2.75) is 79.1 Å². The summed E-state index contributed by atoms with van der Waals surface area (Å²) < 4.78 is 0. The van der Waals surface area contributed by atoms with E-state index in [0.29, 0.717) is 24.0 Å². The van der Waals surface area contributed by atoms with Crippen LogP contribution in [0, 0.1) is 0 Å². The van der Waals surface area contributed by atoms with Gasteiger partial charge in [0.1, 0.15) is 0 Å². The van der Waals surface area contributed by atoms with E-state index in [2.05, 4.69) is 13.8 Å². The SMILES string of the molecule is CCCCC(=Nc1ccccc1)C(CC)=Nc1ccccc1.CCCc1ccc(O)c(O)c1C(=O)[O-].CCCc1ccc(O)c(O)c1C(=O)[O-].[Ni+2]. The fraction of sp³-hybridized carbons (Fsp3) is 0.300. The molecule has 0 saturated heterocycles. The van der Waals surface area contributed by atoms with Gasteiger partial charge in [-0.15, -0.1) is 0 Å². The van der Waals surface area contributed by atoms with Gasteiger partial charge >= 0.3 is 16.5 Å². The van der Waals surface area contributed by atoms with E-state index in [1.54, 1.807) is 0 Å². The molecule has 0 amide bonds. The smallest absolute Gasteiger partial charge is 0.545 e. The fourth-order valence-electron chi connectivity index (χ4n) is 4.93. The number of rotatable bonds is 13. The number of carbonyl (C=O) groups is 2. The van der Waals surface area contributed by atoms with Crippen LogP contribution in [-0.2, 0) is 29.3 Å². The molecule has 0 atom stereocenters. The van der Waals surface area contributed by atoms with Crippen LogP contribution in [0.3, 0.4) is 0 Å². The molecule has 0 spiro atoms. The summed E-state index contributed by atoms with van der Waals surface area (Å²) in [6, 6.07) is 25.8. The zero-order valence-electron chi connectivity index (χ0n) is 29.4. The number of aliphatic imine (C=N–C) groups is 2. The van der Waals surface area contributed by atoms with Crippen molar-refractivity contribution >= 4 is 34.7 Å². The number of hydrogen-bond acceptors (Lipinski definition) is 10. The Bertz CT molecular complexity index is 1670. The monoisotopic (exact) mass is 740 g/mol. The first kappa shape index (κ1) is 43.9. The van der Waals surface area contributed by atoms with E-state index in [9.17, 15) is 30.0 Å². The molecule has 0 aliphatic heterocycles. The molecule has 0 heterocycles. The number of nitrogens with zero attached hydrogens (tertiary/aromatic N) is 2. The summed E-state index contributed by atoms with van der Waals surface area (Å²) in [7, 11) is 0. The summed E-state index contributed by atoms with van der Waals surface area (Å²) >= 11 is 0. The summed E-state index contributed by atoms with van der Waals surface area (Å²) in [4.78, 5) is 31.0. The molecule has 51 heavy (non-hydrogen) atoms. The van der Waals surface area contributed by atoms with Crippen molar-refractivity contribution in [3.8, 4) is 23.0 Å².